The first-order chi connectivity index (χ1) is 6.14. The topological polar surface area (TPSA) is 74.8 Å². The van der Waals surface area contributed by atoms with Gasteiger partial charge in [-0.05, 0) is 0 Å². The van der Waals surface area contributed by atoms with Crippen LogP contribution in [0.3, 0.4) is 0 Å². The van der Waals surface area contributed by atoms with Crippen LogP contribution in [-0.2, 0) is 16.4 Å². The van der Waals surface area contributed by atoms with Crippen LogP contribution in [0.1, 0.15) is 5.69 Å². The van der Waals surface area contributed by atoms with E-state index < -0.39 is 15.2 Å². The number of imidazole rings is 1. The van der Waals surface area contributed by atoms with Crippen LogP contribution in [-0.4, -0.2) is 30.1 Å². The Bertz CT molecular complexity index is 335. The number of aromatic nitrogens is 2. The minimum Gasteiger partial charge on any atom is -0.348 e. The van der Waals surface area contributed by atoms with Crippen molar-refractivity contribution in [1.82, 2.24) is 14.7 Å². The fourth-order valence-electron chi connectivity index (χ4n) is 0.801. The molecule has 0 saturated heterocycles. The van der Waals surface area contributed by atoms with Crippen molar-refractivity contribution in [2.45, 2.75) is 6.42 Å². The van der Waals surface area contributed by atoms with Crippen LogP contribution in [0.2, 0.25) is 0 Å². The molecule has 1 aromatic rings. The number of H-pyrrole nitrogens is 1. The normalized spacial score (nSPS) is 11.8. The number of aromatic amines is 1. The maximum Gasteiger partial charge on any atom is 0.225 e. The molecule has 0 aliphatic carbocycles. The molecule has 0 atom stereocenters. The van der Waals surface area contributed by atoms with E-state index in [-0.39, 0.29) is 0 Å². The lowest BCUT2D eigenvalue weighted by molar-refractivity contribution is 0.586. The number of hydrogen-bond donors (Lipinski definition) is 2. The molecule has 74 valence electrons. The molecule has 0 unspecified atom stereocenters. The van der Waals surface area contributed by atoms with Crippen molar-refractivity contribution < 1.29 is 8.42 Å². The summed E-state index contributed by atoms with van der Waals surface area (Å²) in [6.07, 6.45) is 3.77. The van der Waals surface area contributed by atoms with E-state index in [1.165, 1.54) is 0 Å². The molecule has 0 aromatic carbocycles. The number of nitrogens with zero attached hydrogens (tertiary/aromatic N) is 1. The maximum atomic E-state index is 10.9. The van der Waals surface area contributed by atoms with Crippen LogP contribution in [0.5, 0.6) is 0 Å². The van der Waals surface area contributed by atoms with E-state index in [4.69, 9.17) is 11.6 Å². The highest BCUT2D eigenvalue weighted by molar-refractivity contribution is 7.90. The minimum atomic E-state index is -3.29. The summed E-state index contributed by atoms with van der Waals surface area (Å²) in [6.45, 7) is 0.331. The average Bonchev–Trinajstić information content (AvgIpc) is 2.57. The van der Waals surface area contributed by atoms with E-state index in [0.717, 1.165) is 5.69 Å². The second kappa shape index (κ2) is 4.59. The molecule has 0 saturated carbocycles. The standard InChI is InChI=1S/C6H10ClN3O2S/c7-4-13(11,12)10-2-1-6-3-8-5-9-6/h3,5,10H,1-2,4H2,(H,8,9). The fourth-order valence-corrected chi connectivity index (χ4v) is 1.52. The molecule has 0 spiro atoms. The molecule has 1 aromatic heterocycles. The van der Waals surface area contributed by atoms with Crippen LogP contribution in [0.4, 0.5) is 0 Å². The third-order valence-corrected chi connectivity index (χ3v) is 3.21. The van der Waals surface area contributed by atoms with Crippen LogP contribution < -0.4 is 4.72 Å². The van der Waals surface area contributed by atoms with Crippen molar-refractivity contribution in [3.8, 4) is 0 Å². The molecule has 5 nitrogen and oxygen atoms in total. The minimum absolute atomic E-state index is 0.331. The Morgan fingerprint density at radius 1 is 1.62 bits per heavy atom. The molecule has 0 aliphatic heterocycles. The van der Waals surface area contributed by atoms with Crippen molar-refractivity contribution in [2.75, 3.05) is 11.8 Å². The van der Waals surface area contributed by atoms with E-state index in [0.29, 0.717) is 13.0 Å². The zero-order valence-corrected chi connectivity index (χ0v) is 8.40. The third-order valence-electron chi connectivity index (χ3n) is 1.41. The summed E-state index contributed by atoms with van der Waals surface area (Å²) in [5.74, 6) is 0. The van der Waals surface area contributed by atoms with Crippen molar-refractivity contribution in [2.24, 2.45) is 0 Å². The molecule has 7 heteroatoms. The van der Waals surface area contributed by atoms with E-state index >= 15 is 0 Å². The molecule has 13 heavy (non-hydrogen) atoms. The van der Waals surface area contributed by atoms with Gasteiger partial charge < -0.3 is 4.98 Å². The highest BCUT2D eigenvalue weighted by atomic mass is 35.5. The quantitative estimate of drug-likeness (QED) is 0.694. The van der Waals surface area contributed by atoms with E-state index in [9.17, 15) is 8.42 Å². The average molecular weight is 224 g/mol. The van der Waals surface area contributed by atoms with Gasteiger partial charge in [-0.25, -0.2) is 18.1 Å². The molecule has 2 N–H and O–H groups in total. The number of hydrogen-bond acceptors (Lipinski definition) is 3. The van der Waals surface area contributed by atoms with E-state index in [2.05, 4.69) is 14.7 Å². The fraction of sp³-hybridized carbons (Fsp3) is 0.500. The van der Waals surface area contributed by atoms with Crippen molar-refractivity contribution >= 4 is 21.6 Å². The Morgan fingerprint density at radius 3 is 2.92 bits per heavy atom. The highest BCUT2D eigenvalue weighted by Crippen LogP contribution is 1.93. The lowest BCUT2D eigenvalue weighted by Gasteiger charge is -2.01. The van der Waals surface area contributed by atoms with Crippen LogP contribution >= 0.6 is 11.6 Å². The van der Waals surface area contributed by atoms with Gasteiger partial charge in [0.05, 0.1) is 6.33 Å². The lowest BCUT2D eigenvalue weighted by Crippen LogP contribution is -2.26. The van der Waals surface area contributed by atoms with Gasteiger partial charge in [-0.2, -0.15) is 0 Å². The zero-order valence-electron chi connectivity index (χ0n) is 6.83. The predicted octanol–water partition coefficient (Wildman–Crippen LogP) is 0.0679. The number of alkyl halides is 1. The Balaban J connectivity index is 2.30. The van der Waals surface area contributed by atoms with Crippen LogP contribution in [0.15, 0.2) is 12.5 Å². The number of halogens is 1. The molecule has 0 fully saturated rings. The summed E-state index contributed by atoms with van der Waals surface area (Å²) in [7, 11) is -3.29. The van der Waals surface area contributed by atoms with Gasteiger partial charge in [0.15, 0.2) is 0 Å². The summed E-state index contributed by atoms with van der Waals surface area (Å²) < 4.78 is 24.1. The van der Waals surface area contributed by atoms with Gasteiger partial charge in [0.2, 0.25) is 10.0 Å². The Morgan fingerprint density at radius 2 is 2.38 bits per heavy atom. The smallest absolute Gasteiger partial charge is 0.225 e. The van der Waals surface area contributed by atoms with Gasteiger partial charge in [-0.1, -0.05) is 0 Å². The number of sulfonamides is 1. The first-order valence-electron chi connectivity index (χ1n) is 3.64. The van der Waals surface area contributed by atoms with Gasteiger partial charge in [0, 0.05) is 24.9 Å². The summed E-state index contributed by atoms with van der Waals surface area (Å²) in [5, 5.41) is -0.407. The summed E-state index contributed by atoms with van der Waals surface area (Å²) in [4.78, 5) is 6.66. The molecular weight excluding hydrogens is 214 g/mol. The Hall–Kier alpha value is -0.590. The first-order valence-corrected chi connectivity index (χ1v) is 5.83. The Labute approximate surface area is 81.6 Å². The second-order valence-electron chi connectivity index (χ2n) is 2.45. The SMILES string of the molecule is O=S(=O)(CCl)NCCc1cnc[nH]1. The molecule has 0 bridgehead atoms. The first kappa shape index (κ1) is 10.5. The number of nitrogens with one attached hydrogen (secondary N) is 2. The lowest BCUT2D eigenvalue weighted by atomic mass is 10.3. The van der Waals surface area contributed by atoms with Crippen LogP contribution in [0, 0.1) is 0 Å². The molecule has 1 rings (SSSR count). The summed E-state index contributed by atoms with van der Waals surface area (Å²) in [5.41, 5.74) is 0.886. The van der Waals surface area contributed by atoms with Gasteiger partial charge in [0.25, 0.3) is 0 Å². The molecular formula is C6H10ClN3O2S. The summed E-state index contributed by atoms with van der Waals surface area (Å²) >= 11 is 5.18. The highest BCUT2D eigenvalue weighted by Gasteiger charge is 2.06. The molecule has 0 amide bonds. The molecule has 0 radical (unpaired) electrons. The largest absolute Gasteiger partial charge is 0.348 e. The van der Waals surface area contributed by atoms with Gasteiger partial charge in [0.1, 0.15) is 5.21 Å². The Kier molecular flexibility index (Phi) is 3.71. The number of rotatable bonds is 5. The molecule has 0 aliphatic rings. The van der Waals surface area contributed by atoms with Gasteiger partial charge >= 0.3 is 0 Å². The van der Waals surface area contributed by atoms with Crippen molar-refractivity contribution in [3.05, 3.63) is 18.2 Å². The van der Waals surface area contributed by atoms with Crippen LogP contribution in [0.25, 0.3) is 0 Å². The van der Waals surface area contributed by atoms with Crippen molar-refractivity contribution in [3.63, 3.8) is 0 Å². The monoisotopic (exact) mass is 223 g/mol. The molecule has 1 heterocycles. The zero-order chi connectivity index (χ0) is 9.73. The summed E-state index contributed by atoms with van der Waals surface area (Å²) in [6, 6.07) is 0. The second-order valence-corrected chi connectivity index (χ2v) is 4.84. The van der Waals surface area contributed by atoms with Gasteiger partial charge in [-0.15, -0.1) is 11.6 Å². The van der Waals surface area contributed by atoms with E-state index in [1.807, 2.05) is 0 Å². The third kappa shape index (κ3) is 3.75. The maximum absolute atomic E-state index is 10.9. The predicted molar refractivity (Wildman–Crippen MR) is 49.9 cm³/mol. The van der Waals surface area contributed by atoms with Gasteiger partial charge in [-0.3, -0.25) is 0 Å². The van der Waals surface area contributed by atoms with Crippen molar-refractivity contribution in [1.29, 1.82) is 0 Å². The van der Waals surface area contributed by atoms with E-state index in [1.54, 1.807) is 12.5 Å².